The lowest BCUT2D eigenvalue weighted by atomic mass is 9.66. The Labute approximate surface area is 123 Å². The van der Waals surface area contributed by atoms with Crippen LogP contribution in [0.5, 0.6) is 0 Å². The fraction of sp³-hybridized carbons (Fsp3) is 0.471. The highest BCUT2D eigenvalue weighted by atomic mass is 79.9. The molecule has 3 atom stereocenters. The van der Waals surface area contributed by atoms with Crippen LogP contribution in [0, 0.1) is 17.8 Å². The second-order valence-electron chi connectivity index (χ2n) is 6.53. The normalized spacial score (nSPS) is 37.4. The predicted octanol–water partition coefficient (Wildman–Crippen LogP) is 4.53. The quantitative estimate of drug-likeness (QED) is 0.695. The number of alkyl halides is 1. The van der Waals surface area contributed by atoms with Crippen molar-refractivity contribution in [2.75, 3.05) is 0 Å². The molecule has 2 bridgehead atoms. The highest BCUT2D eigenvalue weighted by molar-refractivity contribution is 9.09. The molecular formula is C17H19BrO. The molecule has 2 aliphatic carbocycles. The molecule has 3 rings (SSSR count). The molecule has 1 fully saturated rings. The molecule has 1 aromatic carbocycles. The van der Waals surface area contributed by atoms with Crippen LogP contribution in [0.4, 0.5) is 0 Å². The van der Waals surface area contributed by atoms with Crippen molar-refractivity contribution >= 4 is 27.3 Å². The van der Waals surface area contributed by atoms with Crippen molar-refractivity contribution in [3.05, 3.63) is 41.5 Å². The van der Waals surface area contributed by atoms with Crippen molar-refractivity contribution in [2.45, 2.75) is 38.4 Å². The zero-order valence-corrected chi connectivity index (χ0v) is 13.3. The lowest BCUT2D eigenvalue weighted by Crippen LogP contribution is -2.40. The van der Waals surface area contributed by atoms with Crippen LogP contribution in [-0.4, -0.2) is 10.6 Å². The zero-order valence-electron chi connectivity index (χ0n) is 11.7. The lowest BCUT2D eigenvalue weighted by molar-refractivity contribution is -0.128. The average Bonchev–Trinajstić information content (AvgIpc) is 2.61. The molecule has 1 nitrogen and oxygen atoms in total. The fourth-order valence-electron chi connectivity index (χ4n) is 3.60. The number of ketones is 1. The molecule has 0 N–H and O–H groups in total. The molecule has 0 spiro atoms. The van der Waals surface area contributed by atoms with Gasteiger partial charge in [0.05, 0.1) is 5.41 Å². The highest BCUT2D eigenvalue weighted by Crippen LogP contribution is 2.60. The Morgan fingerprint density at radius 3 is 2.47 bits per heavy atom. The summed E-state index contributed by atoms with van der Waals surface area (Å²) in [6, 6.07) is 8.54. The van der Waals surface area contributed by atoms with E-state index in [-0.39, 0.29) is 15.7 Å². The van der Waals surface area contributed by atoms with E-state index in [1.807, 2.05) is 0 Å². The molecule has 2 aliphatic rings. The Balaban J connectivity index is 2.13. The number of rotatable bonds is 1. The van der Waals surface area contributed by atoms with Crippen LogP contribution in [0.25, 0.3) is 5.57 Å². The lowest BCUT2D eigenvalue weighted by Gasteiger charge is -2.39. The third kappa shape index (κ3) is 1.84. The van der Waals surface area contributed by atoms with Crippen LogP contribution in [0.3, 0.4) is 0 Å². The number of allylic oxidation sites excluding steroid dienone is 2. The molecule has 19 heavy (non-hydrogen) atoms. The Kier molecular flexibility index (Phi) is 2.79. The van der Waals surface area contributed by atoms with Gasteiger partial charge in [-0.3, -0.25) is 4.79 Å². The largest absolute Gasteiger partial charge is 0.299 e. The SMILES string of the molecule is Cc1ccc(C2=C[C@@]3(C)C[C@]2(C)C(=O)C[C@H]3Br)cc1. The van der Waals surface area contributed by atoms with Crippen LogP contribution in [0.15, 0.2) is 30.3 Å². The van der Waals surface area contributed by atoms with Crippen molar-refractivity contribution in [2.24, 2.45) is 10.8 Å². The van der Waals surface area contributed by atoms with Crippen molar-refractivity contribution in [3.8, 4) is 0 Å². The molecule has 0 aromatic heterocycles. The number of fused-ring (bicyclic) bond motifs is 2. The van der Waals surface area contributed by atoms with Gasteiger partial charge >= 0.3 is 0 Å². The summed E-state index contributed by atoms with van der Waals surface area (Å²) in [5, 5.41) is 0. The van der Waals surface area contributed by atoms with Gasteiger partial charge in [0.2, 0.25) is 0 Å². The van der Waals surface area contributed by atoms with E-state index in [1.54, 1.807) is 0 Å². The summed E-state index contributed by atoms with van der Waals surface area (Å²) in [5.41, 5.74) is 3.48. The minimum atomic E-state index is -0.297. The number of hydrogen-bond acceptors (Lipinski definition) is 1. The molecule has 0 heterocycles. The zero-order chi connectivity index (χ0) is 13.8. The van der Waals surface area contributed by atoms with E-state index in [9.17, 15) is 4.79 Å². The number of Topliss-reactive ketones (excluding diaryl/α,β-unsaturated/α-hetero) is 1. The number of carbonyl (C=O) groups excluding carboxylic acids is 1. The van der Waals surface area contributed by atoms with Gasteiger partial charge in [0.15, 0.2) is 0 Å². The van der Waals surface area contributed by atoms with Gasteiger partial charge in [-0.2, -0.15) is 0 Å². The molecule has 0 unspecified atom stereocenters. The molecule has 2 heteroatoms. The maximum absolute atomic E-state index is 12.5. The molecular weight excluding hydrogens is 300 g/mol. The van der Waals surface area contributed by atoms with Crippen molar-refractivity contribution in [1.82, 2.24) is 0 Å². The Morgan fingerprint density at radius 2 is 1.84 bits per heavy atom. The maximum atomic E-state index is 12.5. The number of hydrogen-bond donors (Lipinski definition) is 0. The van der Waals surface area contributed by atoms with Gasteiger partial charge in [-0.05, 0) is 31.4 Å². The molecule has 0 saturated heterocycles. The summed E-state index contributed by atoms with van der Waals surface area (Å²) in [6.45, 7) is 6.47. The first kappa shape index (κ1) is 13.1. The van der Waals surface area contributed by atoms with Crippen LogP contribution in [0.1, 0.15) is 37.8 Å². The molecule has 0 radical (unpaired) electrons. The van der Waals surface area contributed by atoms with Gasteiger partial charge in [0.1, 0.15) is 5.78 Å². The van der Waals surface area contributed by atoms with Gasteiger partial charge < -0.3 is 0 Å². The average molecular weight is 319 g/mol. The van der Waals surface area contributed by atoms with E-state index in [4.69, 9.17) is 0 Å². The summed E-state index contributed by atoms with van der Waals surface area (Å²) < 4.78 is 0. The highest BCUT2D eigenvalue weighted by Gasteiger charge is 2.55. The third-order valence-corrected chi connectivity index (χ3v) is 6.23. The van der Waals surface area contributed by atoms with E-state index in [0.717, 1.165) is 6.42 Å². The van der Waals surface area contributed by atoms with E-state index in [1.165, 1.54) is 16.7 Å². The van der Waals surface area contributed by atoms with Crippen LogP contribution < -0.4 is 0 Å². The van der Waals surface area contributed by atoms with Gasteiger partial charge in [-0.15, -0.1) is 0 Å². The molecule has 0 aliphatic heterocycles. The van der Waals surface area contributed by atoms with Gasteiger partial charge in [-0.1, -0.05) is 58.8 Å². The summed E-state index contributed by atoms with van der Waals surface area (Å²) in [4.78, 5) is 12.8. The molecule has 100 valence electrons. The minimum Gasteiger partial charge on any atom is -0.299 e. The second kappa shape index (κ2) is 4.05. The summed E-state index contributed by atoms with van der Waals surface area (Å²) in [5.74, 6) is 0.371. The van der Waals surface area contributed by atoms with E-state index < -0.39 is 0 Å². The Morgan fingerprint density at radius 1 is 1.21 bits per heavy atom. The van der Waals surface area contributed by atoms with Crippen molar-refractivity contribution in [1.29, 1.82) is 0 Å². The van der Waals surface area contributed by atoms with Gasteiger partial charge in [0.25, 0.3) is 0 Å². The Bertz CT molecular complexity index is 571. The van der Waals surface area contributed by atoms with Gasteiger partial charge in [0, 0.05) is 16.7 Å². The first-order chi connectivity index (χ1) is 8.85. The van der Waals surface area contributed by atoms with Gasteiger partial charge in [-0.25, -0.2) is 0 Å². The minimum absolute atomic E-state index is 0.100. The molecule has 1 aromatic rings. The van der Waals surface area contributed by atoms with Crippen molar-refractivity contribution in [3.63, 3.8) is 0 Å². The summed E-state index contributed by atoms with van der Waals surface area (Å²) >= 11 is 3.71. The smallest absolute Gasteiger partial charge is 0.144 e. The maximum Gasteiger partial charge on any atom is 0.144 e. The summed E-state index contributed by atoms with van der Waals surface area (Å²) in [7, 11) is 0. The summed E-state index contributed by atoms with van der Waals surface area (Å²) in [6.07, 6.45) is 3.90. The standard InChI is InChI=1S/C17H19BrO/c1-11-4-6-12(7-5-11)13-9-16(2)10-17(13,3)15(19)8-14(16)18/h4-7,9,14H,8,10H2,1-3H3/t14-,16+,17+/m1/s1. The topological polar surface area (TPSA) is 17.1 Å². The third-order valence-electron chi connectivity index (χ3n) is 4.86. The molecule has 1 saturated carbocycles. The van der Waals surface area contributed by atoms with E-state index >= 15 is 0 Å². The van der Waals surface area contributed by atoms with Crippen LogP contribution >= 0.6 is 15.9 Å². The first-order valence-electron chi connectivity index (χ1n) is 6.83. The monoisotopic (exact) mass is 318 g/mol. The number of aryl methyl sites for hydroxylation is 1. The van der Waals surface area contributed by atoms with Crippen LogP contribution in [0.2, 0.25) is 0 Å². The van der Waals surface area contributed by atoms with Crippen molar-refractivity contribution < 1.29 is 4.79 Å². The van der Waals surface area contributed by atoms with E-state index in [0.29, 0.717) is 12.2 Å². The fourth-order valence-corrected chi connectivity index (χ4v) is 4.19. The number of carbonyl (C=O) groups is 1. The number of benzene rings is 1. The predicted molar refractivity (Wildman–Crippen MR) is 82.3 cm³/mol. The Hall–Kier alpha value is -0.890. The molecule has 0 amide bonds. The van der Waals surface area contributed by atoms with Crippen LogP contribution in [-0.2, 0) is 4.79 Å². The number of halogens is 1. The first-order valence-corrected chi connectivity index (χ1v) is 7.74. The second-order valence-corrected chi connectivity index (χ2v) is 7.64. The van der Waals surface area contributed by atoms with E-state index in [2.05, 4.69) is 67.0 Å².